The average Bonchev–Trinajstić information content (AvgIpc) is 2.72. The van der Waals surface area contributed by atoms with Gasteiger partial charge in [0.05, 0.1) is 6.04 Å². The Morgan fingerprint density at radius 3 is 2.77 bits per heavy atom. The van der Waals surface area contributed by atoms with Gasteiger partial charge < -0.3 is 5.73 Å². The minimum atomic E-state index is 0.556. The van der Waals surface area contributed by atoms with Gasteiger partial charge in [0.1, 0.15) is 10.8 Å². The van der Waals surface area contributed by atoms with Gasteiger partial charge in [0, 0.05) is 6.07 Å². The minimum absolute atomic E-state index is 0.556. The highest BCUT2D eigenvalue weighted by atomic mass is 32.2. The van der Waals surface area contributed by atoms with E-state index in [1.165, 1.54) is 25.7 Å². The van der Waals surface area contributed by atoms with Crippen LogP contribution in [-0.2, 0) is 0 Å². The lowest BCUT2D eigenvalue weighted by molar-refractivity contribution is 0.466. The molecule has 0 unspecified atom stereocenters. The third-order valence-electron chi connectivity index (χ3n) is 2.62. The summed E-state index contributed by atoms with van der Waals surface area (Å²) in [5.74, 6) is 0.816. The van der Waals surface area contributed by atoms with Crippen LogP contribution in [0.4, 0.5) is 5.82 Å². The molecular formula is C9H15N3S. The number of hydrogen-bond donors (Lipinski definition) is 1. The smallest absolute Gasteiger partial charge is 0.123 e. The zero-order valence-electron chi connectivity index (χ0n) is 7.86. The molecule has 72 valence electrons. The van der Waals surface area contributed by atoms with Crippen molar-refractivity contribution in [2.24, 2.45) is 0 Å². The molecule has 1 aliphatic carbocycles. The first kappa shape index (κ1) is 8.94. The predicted octanol–water partition coefficient (Wildman–Crippen LogP) is 2.30. The molecule has 0 saturated heterocycles. The second kappa shape index (κ2) is 3.62. The Morgan fingerprint density at radius 1 is 1.54 bits per heavy atom. The number of anilines is 1. The predicted molar refractivity (Wildman–Crippen MR) is 55.9 cm³/mol. The Labute approximate surface area is 82.7 Å². The van der Waals surface area contributed by atoms with Crippen LogP contribution in [0.5, 0.6) is 0 Å². The summed E-state index contributed by atoms with van der Waals surface area (Å²) in [5.41, 5.74) is 5.88. The standard InChI is InChI=1S/C9H15N3S/c1-13-9-6-8(10)12(11-9)7-4-2-3-5-7/h6-7H,2-5,10H2,1H3. The second-order valence-electron chi connectivity index (χ2n) is 3.49. The van der Waals surface area contributed by atoms with Crippen molar-refractivity contribution < 1.29 is 0 Å². The van der Waals surface area contributed by atoms with Gasteiger partial charge in [0.25, 0.3) is 0 Å². The number of thioether (sulfide) groups is 1. The summed E-state index contributed by atoms with van der Waals surface area (Å²) in [4.78, 5) is 0. The Hall–Kier alpha value is -0.640. The van der Waals surface area contributed by atoms with Crippen LogP contribution in [0.25, 0.3) is 0 Å². The molecule has 0 aliphatic heterocycles. The monoisotopic (exact) mass is 197 g/mol. The molecule has 13 heavy (non-hydrogen) atoms. The first-order valence-electron chi connectivity index (χ1n) is 4.70. The van der Waals surface area contributed by atoms with Crippen LogP contribution in [0.3, 0.4) is 0 Å². The second-order valence-corrected chi connectivity index (χ2v) is 4.32. The molecule has 0 atom stereocenters. The van der Waals surface area contributed by atoms with Gasteiger partial charge >= 0.3 is 0 Å². The molecule has 0 amide bonds. The largest absolute Gasteiger partial charge is 0.384 e. The van der Waals surface area contributed by atoms with Crippen LogP contribution in [0, 0.1) is 0 Å². The van der Waals surface area contributed by atoms with Crippen molar-refractivity contribution in [3.05, 3.63) is 6.07 Å². The van der Waals surface area contributed by atoms with E-state index in [2.05, 4.69) is 5.10 Å². The molecular weight excluding hydrogens is 182 g/mol. The van der Waals surface area contributed by atoms with Crippen LogP contribution < -0.4 is 5.73 Å². The summed E-state index contributed by atoms with van der Waals surface area (Å²) < 4.78 is 2.00. The van der Waals surface area contributed by atoms with Crippen molar-refractivity contribution >= 4 is 17.6 Å². The molecule has 1 aliphatic rings. The zero-order chi connectivity index (χ0) is 9.26. The number of rotatable bonds is 2. The van der Waals surface area contributed by atoms with Crippen LogP contribution in [0.1, 0.15) is 31.7 Å². The van der Waals surface area contributed by atoms with E-state index in [1.54, 1.807) is 11.8 Å². The van der Waals surface area contributed by atoms with Crippen molar-refractivity contribution in [1.29, 1.82) is 0 Å². The van der Waals surface area contributed by atoms with E-state index >= 15 is 0 Å². The quantitative estimate of drug-likeness (QED) is 0.740. The van der Waals surface area contributed by atoms with E-state index in [0.29, 0.717) is 6.04 Å². The normalized spacial score (nSPS) is 18.2. The van der Waals surface area contributed by atoms with Crippen molar-refractivity contribution in [3.8, 4) is 0 Å². The number of nitrogens with zero attached hydrogens (tertiary/aromatic N) is 2. The molecule has 1 fully saturated rings. The van der Waals surface area contributed by atoms with Crippen LogP contribution in [0.15, 0.2) is 11.1 Å². The fourth-order valence-corrected chi connectivity index (χ4v) is 2.33. The minimum Gasteiger partial charge on any atom is -0.384 e. The van der Waals surface area contributed by atoms with Crippen LogP contribution in [-0.4, -0.2) is 16.0 Å². The molecule has 2 N–H and O–H groups in total. The summed E-state index contributed by atoms with van der Waals surface area (Å²) in [6.07, 6.45) is 7.14. The molecule has 1 aromatic rings. The summed E-state index contributed by atoms with van der Waals surface area (Å²) in [7, 11) is 0. The molecule has 4 heteroatoms. The van der Waals surface area contributed by atoms with Gasteiger partial charge in [-0.05, 0) is 19.1 Å². The lowest BCUT2D eigenvalue weighted by Gasteiger charge is -2.10. The van der Waals surface area contributed by atoms with Gasteiger partial charge in [0.15, 0.2) is 0 Å². The SMILES string of the molecule is CSc1cc(N)n(C2CCCC2)n1. The molecule has 0 bridgehead atoms. The first-order valence-corrected chi connectivity index (χ1v) is 5.93. The van der Waals surface area contributed by atoms with Gasteiger partial charge in [-0.1, -0.05) is 12.8 Å². The summed E-state index contributed by atoms with van der Waals surface area (Å²) >= 11 is 1.65. The molecule has 1 aromatic heterocycles. The first-order chi connectivity index (χ1) is 6.31. The Bertz CT molecular complexity index is 289. The highest BCUT2D eigenvalue weighted by Gasteiger charge is 2.19. The Balaban J connectivity index is 2.22. The maximum atomic E-state index is 5.88. The van der Waals surface area contributed by atoms with Crippen molar-refractivity contribution in [2.75, 3.05) is 12.0 Å². The molecule has 0 aromatic carbocycles. The van der Waals surface area contributed by atoms with Gasteiger partial charge in [-0.3, -0.25) is 0 Å². The third kappa shape index (κ3) is 1.68. The highest BCUT2D eigenvalue weighted by Crippen LogP contribution is 2.31. The highest BCUT2D eigenvalue weighted by molar-refractivity contribution is 7.98. The summed E-state index contributed by atoms with van der Waals surface area (Å²) in [5, 5.41) is 5.50. The number of nitrogen functional groups attached to an aromatic ring is 1. The molecule has 3 nitrogen and oxygen atoms in total. The van der Waals surface area contributed by atoms with Crippen molar-refractivity contribution in [2.45, 2.75) is 36.8 Å². The third-order valence-corrected chi connectivity index (χ3v) is 3.24. The number of hydrogen-bond acceptors (Lipinski definition) is 3. The van der Waals surface area contributed by atoms with Gasteiger partial charge in [-0.25, -0.2) is 4.68 Å². The maximum absolute atomic E-state index is 5.88. The summed E-state index contributed by atoms with van der Waals surface area (Å²) in [6, 6.07) is 2.52. The molecule has 2 rings (SSSR count). The molecule has 1 saturated carbocycles. The van der Waals surface area contributed by atoms with E-state index in [0.717, 1.165) is 10.8 Å². The van der Waals surface area contributed by atoms with Gasteiger partial charge in [-0.2, -0.15) is 5.10 Å². The van der Waals surface area contributed by atoms with E-state index in [9.17, 15) is 0 Å². The molecule has 1 heterocycles. The van der Waals surface area contributed by atoms with E-state index in [4.69, 9.17) is 5.73 Å². The average molecular weight is 197 g/mol. The van der Waals surface area contributed by atoms with Crippen LogP contribution >= 0.6 is 11.8 Å². The lowest BCUT2D eigenvalue weighted by Crippen LogP contribution is -2.09. The fourth-order valence-electron chi connectivity index (χ4n) is 1.93. The van der Waals surface area contributed by atoms with Gasteiger partial charge in [0.2, 0.25) is 0 Å². The lowest BCUT2D eigenvalue weighted by atomic mass is 10.2. The van der Waals surface area contributed by atoms with E-state index in [-0.39, 0.29) is 0 Å². The molecule has 0 spiro atoms. The Kier molecular flexibility index (Phi) is 2.49. The summed E-state index contributed by atoms with van der Waals surface area (Å²) in [6.45, 7) is 0. The fraction of sp³-hybridized carbons (Fsp3) is 0.667. The topological polar surface area (TPSA) is 43.8 Å². The van der Waals surface area contributed by atoms with Gasteiger partial charge in [-0.15, -0.1) is 11.8 Å². The Morgan fingerprint density at radius 2 is 2.23 bits per heavy atom. The van der Waals surface area contributed by atoms with Crippen molar-refractivity contribution in [1.82, 2.24) is 9.78 Å². The van der Waals surface area contributed by atoms with Crippen molar-refractivity contribution in [3.63, 3.8) is 0 Å². The molecule has 0 radical (unpaired) electrons. The van der Waals surface area contributed by atoms with E-state index in [1.807, 2.05) is 17.0 Å². The number of nitrogens with two attached hydrogens (primary N) is 1. The maximum Gasteiger partial charge on any atom is 0.123 e. The van der Waals surface area contributed by atoms with E-state index < -0.39 is 0 Å². The van der Waals surface area contributed by atoms with Crippen LogP contribution in [0.2, 0.25) is 0 Å². The zero-order valence-corrected chi connectivity index (χ0v) is 8.68. The number of aromatic nitrogens is 2.